The van der Waals surface area contributed by atoms with E-state index in [0.717, 1.165) is 22.9 Å². The van der Waals surface area contributed by atoms with Gasteiger partial charge in [0.05, 0.1) is 21.5 Å². The molecule has 0 saturated carbocycles. The molecule has 1 atom stereocenters. The molecule has 1 aliphatic heterocycles. The third-order valence-electron chi connectivity index (χ3n) is 5.22. The third kappa shape index (κ3) is 4.05. The minimum atomic E-state index is -3.62. The van der Waals surface area contributed by atoms with Crippen molar-refractivity contribution < 1.29 is 17.9 Å². The van der Waals surface area contributed by atoms with Crippen LogP contribution in [0.2, 0.25) is 0 Å². The van der Waals surface area contributed by atoms with E-state index in [9.17, 15) is 13.2 Å². The van der Waals surface area contributed by atoms with Gasteiger partial charge in [-0.2, -0.15) is 5.10 Å². The Hall–Kier alpha value is -2.87. The molecular formula is C22H25N3O4S. The maximum absolute atomic E-state index is 13.0. The normalized spacial score (nSPS) is 17.4. The molecule has 8 heteroatoms. The van der Waals surface area contributed by atoms with Crippen molar-refractivity contribution in [2.45, 2.75) is 48.5 Å². The Labute approximate surface area is 176 Å². The van der Waals surface area contributed by atoms with Gasteiger partial charge in [-0.05, 0) is 63.1 Å². The van der Waals surface area contributed by atoms with Crippen molar-refractivity contribution in [3.05, 3.63) is 54.2 Å². The van der Waals surface area contributed by atoms with Gasteiger partial charge in [-0.15, -0.1) is 0 Å². The number of H-pyrrole nitrogens is 1. The quantitative estimate of drug-likeness (QED) is 0.679. The maximum Gasteiger partial charge on any atom is 0.410 e. The summed E-state index contributed by atoms with van der Waals surface area (Å²) in [4.78, 5) is 14.5. The molecule has 2 aromatic carbocycles. The SMILES string of the molecule is CC(C)(C)OC(=O)N1CC[C@@H](c2ccc(S(=O)(=O)c3ccc4[nH]ncc4c3)cc2)C1. The van der Waals surface area contributed by atoms with Gasteiger partial charge in [0.1, 0.15) is 5.60 Å². The zero-order valence-corrected chi connectivity index (χ0v) is 18.1. The van der Waals surface area contributed by atoms with Crippen molar-refractivity contribution in [3.8, 4) is 0 Å². The highest BCUT2D eigenvalue weighted by Crippen LogP contribution is 2.30. The van der Waals surface area contributed by atoms with E-state index >= 15 is 0 Å². The van der Waals surface area contributed by atoms with Gasteiger partial charge in [0, 0.05) is 24.4 Å². The van der Waals surface area contributed by atoms with Gasteiger partial charge in [0.15, 0.2) is 0 Å². The molecule has 7 nitrogen and oxygen atoms in total. The first-order chi connectivity index (χ1) is 14.1. The van der Waals surface area contributed by atoms with E-state index in [1.807, 2.05) is 32.9 Å². The summed E-state index contributed by atoms with van der Waals surface area (Å²) in [7, 11) is -3.62. The van der Waals surface area contributed by atoms with Crippen LogP contribution in [-0.2, 0) is 14.6 Å². The van der Waals surface area contributed by atoms with Crippen LogP contribution in [0.1, 0.15) is 38.7 Å². The van der Waals surface area contributed by atoms with Crippen LogP contribution in [-0.4, -0.2) is 48.3 Å². The summed E-state index contributed by atoms with van der Waals surface area (Å²) in [6.07, 6.45) is 2.12. The number of ether oxygens (including phenoxy) is 1. The lowest BCUT2D eigenvalue weighted by Gasteiger charge is -2.24. The van der Waals surface area contributed by atoms with Gasteiger partial charge in [0.2, 0.25) is 9.84 Å². The topological polar surface area (TPSA) is 92.4 Å². The second kappa shape index (κ2) is 7.43. The van der Waals surface area contributed by atoms with Crippen molar-refractivity contribution in [2.75, 3.05) is 13.1 Å². The molecule has 0 bridgehead atoms. The molecule has 1 aliphatic rings. The van der Waals surface area contributed by atoms with E-state index in [2.05, 4.69) is 10.2 Å². The molecule has 3 aromatic rings. The summed E-state index contributed by atoms with van der Waals surface area (Å²) in [6, 6.07) is 11.9. The molecule has 30 heavy (non-hydrogen) atoms. The van der Waals surface area contributed by atoms with Gasteiger partial charge >= 0.3 is 6.09 Å². The van der Waals surface area contributed by atoms with Gasteiger partial charge in [-0.1, -0.05) is 12.1 Å². The first-order valence-electron chi connectivity index (χ1n) is 9.90. The standard InChI is InChI=1S/C22H25N3O4S/c1-22(2,3)29-21(26)25-11-10-16(14-25)15-4-6-18(7-5-15)30(27,28)19-8-9-20-17(12-19)13-23-24-20/h4-9,12-13,16H,10-11,14H2,1-3H3,(H,23,24)/t16-/m1/s1. The predicted molar refractivity (Wildman–Crippen MR) is 113 cm³/mol. The van der Waals surface area contributed by atoms with E-state index in [1.165, 1.54) is 0 Å². The van der Waals surface area contributed by atoms with Crippen LogP contribution < -0.4 is 0 Å². The highest BCUT2D eigenvalue weighted by atomic mass is 32.2. The zero-order valence-electron chi connectivity index (χ0n) is 17.3. The Bertz CT molecular complexity index is 1180. The number of amides is 1. The minimum absolute atomic E-state index is 0.163. The Morgan fingerprint density at radius 3 is 2.53 bits per heavy atom. The average molecular weight is 428 g/mol. The molecule has 0 aliphatic carbocycles. The Morgan fingerprint density at radius 1 is 1.13 bits per heavy atom. The van der Waals surface area contributed by atoms with Crippen LogP contribution in [0, 0.1) is 0 Å². The first-order valence-corrected chi connectivity index (χ1v) is 11.4. The molecule has 2 heterocycles. The molecular weight excluding hydrogens is 402 g/mol. The van der Waals surface area contributed by atoms with Crippen molar-refractivity contribution in [1.29, 1.82) is 0 Å². The van der Waals surface area contributed by atoms with Crippen molar-refractivity contribution >= 4 is 26.8 Å². The second-order valence-electron chi connectivity index (χ2n) is 8.60. The fraction of sp³-hybridized carbons (Fsp3) is 0.364. The average Bonchev–Trinajstić information content (AvgIpc) is 3.36. The predicted octanol–water partition coefficient (Wildman–Crippen LogP) is 4.12. The summed E-state index contributed by atoms with van der Waals surface area (Å²) in [5.74, 6) is 0.163. The molecule has 0 spiro atoms. The number of aromatic amines is 1. The maximum atomic E-state index is 13.0. The van der Waals surface area contributed by atoms with Crippen molar-refractivity contribution in [3.63, 3.8) is 0 Å². The molecule has 1 aromatic heterocycles. The van der Waals surface area contributed by atoms with Crippen LogP contribution >= 0.6 is 0 Å². The molecule has 0 unspecified atom stereocenters. The summed E-state index contributed by atoms with van der Waals surface area (Å²) in [5.41, 5.74) is 1.29. The number of sulfone groups is 1. The lowest BCUT2D eigenvalue weighted by Crippen LogP contribution is -2.35. The van der Waals surface area contributed by atoms with Gasteiger partial charge in [-0.25, -0.2) is 13.2 Å². The number of aromatic nitrogens is 2. The monoisotopic (exact) mass is 427 g/mol. The van der Waals surface area contributed by atoms with Crippen LogP contribution in [0.25, 0.3) is 10.9 Å². The van der Waals surface area contributed by atoms with Crippen molar-refractivity contribution in [1.82, 2.24) is 15.1 Å². The summed E-state index contributed by atoms with van der Waals surface area (Å²) in [6.45, 7) is 6.74. The fourth-order valence-electron chi connectivity index (χ4n) is 3.67. The van der Waals surface area contributed by atoms with Crippen LogP contribution in [0.15, 0.2) is 58.5 Å². The molecule has 1 N–H and O–H groups in total. The number of hydrogen-bond acceptors (Lipinski definition) is 5. The lowest BCUT2D eigenvalue weighted by molar-refractivity contribution is 0.0292. The third-order valence-corrected chi connectivity index (χ3v) is 6.99. The molecule has 1 saturated heterocycles. The molecule has 4 rings (SSSR count). The fourth-order valence-corrected chi connectivity index (χ4v) is 4.96. The highest BCUT2D eigenvalue weighted by Gasteiger charge is 2.30. The largest absolute Gasteiger partial charge is 0.444 e. The minimum Gasteiger partial charge on any atom is -0.444 e. The van der Waals surface area contributed by atoms with Crippen LogP contribution in [0.4, 0.5) is 4.79 Å². The van der Waals surface area contributed by atoms with E-state index < -0.39 is 15.4 Å². The van der Waals surface area contributed by atoms with Gasteiger partial charge < -0.3 is 9.64 Å². The number of benzene rings is 2. The number of carbonyl (C=O) groups excluding carboxylic acids is 1. The summed E-state index contributed by atoms with van der Waals surface area (Å²) >= 11 is 0. The Balaban J connectivity index is 1.49. The van der Waals surface area contributed by atoms with Gasteiger partial charge in [-0.3, -0.25) is 5.10 Å². The van der Waals surface area contributed by atoms with Gasteiger partial charge in [0.25, 0.3) is 0 Å². The Kier molecular flexibility index (Phi) is 5.05. The molecule has 0 radical (unpaired) electrons. The first kappa shape index (κ1) is 20.4. The number of rotatable bonds is 3. The van der Waals surface area contributed by atoms with Crippen molar-refractivity contribution in [2.24, 2.45) is 0 Å². The number of nitrogens with zero attached hydrogens (tertiary/aromatic N) is 2. The number of hydrogen-bond donors (Lipinski definition) is 1. The van der Waals surface area contributed by atoms with E-state index in [-0.39, 0.29) is 21.8 Å². The van der Waals surface area contributed by atoms with E-state index in [4.69, 9.17) is 4.74 Å². The number of carbonyl (C=O) groups is 1. The second-order valence-corrected chi connectivity index (χ2v) is 10.6. The smallest absolute Gasteiger partial charge is 0.410 e. The van der Waals surface area contributed by atoms with E-state index in [0.29, 0.717) is 13.1 Å². The highest BCUT2D eigenvalue weighted by molar-refractivity contribution is 7.91. The number of fused-ring (bicyclic) bond motifs is 1. The lowest BCUT2D eigenvalue weighted by atomic mass is 9.99. The van der Waals surface area contributed by atoms with E-state index in [1.54, 1.807) is 41.4 Å². The number of likely N-dealkylation sites (tertiary alicyclic amines) is 1. The number of nitrogens with one attached hydrogen (secondary N) is 1. The Morgan fingerprint density at radius 2 is 1.83 bits per heavy atom. The summed E-state index contributed by atoms with van der Waals surface area (Å²) < 4.78 is 31.5. The molecule has 1 fully saturated rings. The summed E-state index contributed by atoms with van der Waals surface area (Å²) in [5, 5.41) is 7.50. The zero-order chi connectivity index (χ0) is 21.5. The molecule has 158 valence electrons. The van der Waals surface area contributed by atoms with Crippen LogP contribution in [0.5, 0.6) is 0 Å². The van der Waals surface area contributed by atoms with Crippen LogP contribution in [0.3, 0.4) is 0 Å². The molecule has 1 amide bonds.